The first-order valence-corrected chi connectivity index (χ1v) is 11.1. The Bertz CT molecular complexity index is 1610. The summed E-state index contributed by atoms with van der Waals surface area (Å²) in [5.74, 6) is 1.03. The molecule has 0 aliphatic heterocycles. The van der Waals surface area contributed by atoms with E-state index in [4.69, 9.17) is 9.47 Å². The standard InChI is InChI=1S/C26H23N5O4/c1-3-35-26(33)29-25-27-20-10-9-16(14-22(20)28-25)19-12-15(8-11-23(19)34-2)13-21-17-6-4-5-7-18(17)24(32)31-30-21/h4-12,14H,3,13H2,1-2H3,(H,31,32)(H2,27,28,29,33). The summed E-state index contributed by atoms with van der Waals surface area (Å²) in [5.41, 5.74) is 4.86. The summed E-state index contributed by atoms with van der Waals surface area (Å²) in [6.07, 6.45) is -0.0310. The summed E-state index contributed by atoms with van der Waals surface area (Å²) in [6, 6.07) is 19.2. The molecule has 5 rings (SSSR count). The number of imidazole rings is 1. The van der Waals surface area contributed by atoms with Gasteiger partial charge in [0.2, 0.25) is 5.95 Å². The number of anilines is 1. The molecule has 3 aromatic carbocycles. The number of nitrogens with one attached hydrogen (secondary N) is 3. The number of rotatable bonds is 6. The number of amides is 1. The SMILES string of the molecule is CCOC(=O)Nc1nc2cc(-c3cc(Cc4n[nH]c(=O)c5ccccc45)ccc3OC)ccc2[nH]1. The second-order valence-corrected chi connectivity index (χ2v) is 7.92. The van der Waals surface area contributed by atoms with Gasteiger partial charge in [-0.1, -0.05) is 30.3 Å². The van der Waals surface area contributed by atoms with Crippen LogP contribution in [0.2, 0.25) is 0 Å². The molecular weight excluding hydrogens is 446 g/mol. The molecule has 0 radical (unpaired) electrons. The Morgan fingerprint density at radius 3 is 2.69 bits per heavy atom. The van der Waals surface area contributed by atoms with E-state index in [1.165, 1.54) is 0 Å². The lowest BCUT2D eigenvalue weighted by Gasteiger charge is -2.12. The topological polar surface area (TPSA) is 122 Å². The van der Waals surface area contributed by atoms with Gasteiger partial charge in [0, 0.05) is 17.4 Å². The number of aromatic nitrogens is 4. The first-order chi connectivity index (χ1) is 17.1. The van der Waals surface area contributed by atoms with Crippen molar-refractivity contribution in [1.29, 1.82) is 0 Å². The average molecular weight is 470 g/mol. The number of aromatic amines is 2. The number of H-pyrrole nitrogens is 2. The van der Waals surface area contributed by atoms with Crippen molar-refractivity contribution in [2.24, 2.45) is 0 Å². The minimum atomic E-state index is -0.565. The Labute approximate surface area is 200 Å². The first kappa shape index (κ1) is 22.1. The fourth-order valence-corrected chi connectivity index (χ4v) is 4.09. The monoisotopic (exact) mass is 469 g/mol. The second-order valence-electron chi connectivity index (χ2n) is 7.92. The number of benzene rings is 3. The van der Waals surface area contributed by atoms with Crippen molar-refractivity contribution in [2.75, 3.05) is 19.0 Å². The maximum atomic E-state index is 12.1. The molecule has 176 valence electrons. The number of carbonyl (C=O) groups excluding carboxylic acids is 1. The Kier molecular flexibility index (Phi) is 5.88. The molecule has 0 fully saturated rings. The van der Waals surface area contributed by atoms with Crippen LogP contribution in [-0.2, 0) is 11.2 Å². The maximum Gasteiger partial charge on any atom is 0.413 e. The van der Waals surface area contributed by atoms with Gasteiger partial charge in [0.15, 0.2) is 0 Å². The molecule has 2 aromatic heterocycles. The van der Waals surface area contributed by atoms with Crippen LogP contribution >= 0.6 is 0 Å². The quantitative estimate of drug-likeness (QED) is 0.333. The van der Waals surface area contributed by atoms with Gasteiger partial charge in [-0.3, -0.25) is 10.1 Å². The summed E-state index contributed by atoms with van der Waals surface area (Å²) >= 11 is 0. The molecule has 0 aliphatic carbocycles. The second kappa shape index (κ2) is 9.30. The summed E-state index contributed by atoms with van der Waals surface area (Å²) in [7, 11) is 1.63. The van der Waals surface area contributed by atoms with E-state index in [0.29, 0.717) is 29.0 Å². The molecule has 1 amide bonds. The molecule has 0 aliphatic rings. The van der Waals surface area contributed by atoms with Crippen molar-refractivity contribution in [3.8, 4) is 16.9 Å². The molecule has 3 N–H and O–H groups in total. The van der Waals surface area contributed by atoms with Crippen LogP contribution in [0.15, 0.2) is 65.5 Å². The van der Waals surface area contributed by atoms with Crippen LogP contribution in [0.3, 0.4) is 0 Å². The minimum Gasteiger partial charge on any atom is -0.496 e. The van der Waals surface area contributed by atoms with Crippen LogP contribution in [-0.4, -0.2) is 40.0 Å². The minimum absolute atomic E-state index is 0.205. The summed E-state index contributed by atoms with van der Waals surface area (Å²) in [4.78, 5) is 31.4. The molecule has 0 spiro atoms. The van der Waals surface area contributed by atoms with Gasteiger partial charge in [-0.05, 0) is 48.4 Å². The van der Waals surface area contributed by atoms with Gasteiger partial charge in [-0.2, -0.15) is 5.10 Å². The molecule has 9 nitrogen and oxygen atoms in total. The number of hydrogen-bond donors (Lipinski definition) is 3. The van der Waals surface area contributed by atoms with Crippen molar-refractivity contribution in [3.63, 3.8) is 0 Å². The number of carbonyl (C=O) groups is 1. The van der Waals surface area contributed by atoms with Crippen molar-refractivity contribution >= 4 is 33.8 Å². The molecule has 5 aromatic rings. The van der Waals surface area contributed by atoms with Crippen molar-refractivity contribution in [2.45, 2.75) is 13.3 Å². The highest BCUT2D eigenvalue weighted by Crippen LogP contribution is 2.33. The largest absolute Gasteiger partial charge is 0.496 e. The molecule has 0 saturated heterocycles. The Morgan fingerprint density at radius 1 is 1.06 bits per heavy atom. The van der Waals surface area contributed by atoms with E-state index in [-0.39, 0.29) is 12.2 Å². The van der Waals surface area contributed by atoms with E-state index in [1.54, 1.807) is 20.1 Å². The maximum absolute atomic E-state index is 12.1. The predicted octanol–water partition coefficient (Wildman–Crippen LogP) is 4.63. The molecule has 0 atom stereocenters. The zero-order valence-electron chi connectivity index (χ0n) is 19.2. The van der Waals surface area contributed by atoms with Crippen LogP contribution in [0, 0.1) is 0 Å². The zero-order valence-corrected chi connectivity index (χ0v) is 19.2. The molecule has 9 heteroatoms. The van der Waals surface area contributed by atoms with E-state index in [1.807, 2.05) is 54.6 Å². The van der Waals surface area contributed by atoms with Gasteiger partial charge in [-0.25, -0.2) is 14.9 Å². The molecule has 0 unspecified atom stereocenters. The highest BCUT2D eigenvalue weighted by Gasteiger charge is 2.13. The van der Waals surface area contributed by atoms with Crippen LogP contribution < -0.4 is 15.6 Å². The van der Waals surface area contributed by atoms with E-state index < -0.39 is 6.09 Å². The van der Waals surface area contributed by atoms with Gasteiger partial charge in [0.1, 0.15) is 5.75 Å². The van der Waals surface area contributed by atoms with Gasteiger partial charge >= 0.3 is 6.09 Å². The molecule has 0 saturated carbocycles. The van der Waals surface area contributed by atoms with E-state index in [2.05, 4.69) is 25.5 Å². The molecule has 35 heavy (non-hydrogen) atoms. The lowest BCUT2D eigenvalue weighted by atomic mass is 9.98. The third kappa shape index (κ3) is 4.43. The summed E-state index contributed by atoms with van der Waals surface area (Å²) in [6.45, 7) is 2.01. The lowest BCUT2D eigenvalue weighted by Crippen LogP contribution is -2.14. The molecular formula is C26H23N5O4. The Hall–Kier alpha value is -4.66. The molecule has 0 bridgehead atoms. The smallest absolute Gasteiger partial charge is 0.413 e. The van der Waals surface area contributed by atoms with Crippen LogP contribution in [0.5, 0.6) is 5.75 Å². The van der Waals surface area contributed by atoms with Gasteiger partial charge in [-0.15, -0.1) is 0 Å². The van der Waals surface area contributed by atoms with Crippen LogP contribution in [0.4, 0.5) is 10.7 Å². The zero-order chi connectivity index (χ0) is 24.4. The van der Waals surface area contributed by atoms with E-state index in [9.17, 15) is 9.59 Å². The lowest BCUT2D eigenvalue weighted by molar-refractivity contribution is 0.167. The Balaban J connectivity index is 1.50. The van der Waals surface area contributed by atoms with Crippen molar-refractivity contribution < 1.29 is 14.3 Å². The van der Waals surface area contributed by atoms with Gasteiger partial charge < -0.3 is 14.5 Å². The van der Waals surface area contributed by atoms with E-state index in [0.717, 1.165) is 33.3 Å². The van der Waals surface area contributed by atoms with E-state index >= 15 is 0 Å². The van der Waals surface area contributed by atoms with Crippen LogP contribution in [0.1, 0.15) is 18.2 Å². The number of fused-ring (bicyclic) bond motifs is 2. The van der Waals surface area contributed by atoms with Crippen molar-refractivity contribution in [1.82, 2.24) is 20.2 Å². The highest BCUT2D eigenvalue weighted by atomic mass is 16.5. The fourth-order valence-electron chi connectivity index (χ4n) is 4.09. The molecule has 2 heterocycles. The summed E-state index contributed by atoms with van der Waals surface area (Å²) < 4.78 is 10.5. The predicted molar refractivity (Wildman–Crippen MR) is 134 cm³/mol. The number of hydrogen-bond acceptors (Lipinski definition) is 6. The van der Waals surface area contributed by atoms with Gasteiger partial charge in [0.05, 0.1) is 35.8 Å². The third-order valence-corrected chi connectivity index (χ3v) is 5.70. The van der Waals surface area contributed by atoms with Gasteiger partial charge in [0.25, 0.3) is 5.56 Å². The number of ether oxygens (including phenoxy) is 2. The fraction of sp³-hybridized carbons (Fsp3) is 0.154. The normalized spacial score (nSPS) is 11.0. The highest BCUT2D eigenvalue weighted by molar-refractivity contribution is 5.89. The van der Waals surface area contributed by atoms with Crippen molar-refractivity contribution in [3.05, 3.63) is 82.3 Å². The van der Waals surface area contributed by atoms with Crippen LogP contribution in [0.25, 0.3) is 32.9 Å². The number of methoxy groups -OCH3 is 1. The summed E-state index contributed by atoms with van der Waals surface area (Å²) in [5, 5.41) is 10.9. The number of nitrogens with zero attached hydrogens (tertiary/aromatic N) is 2. The third-order valence-electron chi connectivity index (χ3n) is 5.70. The first-order valence-electron chi connectivity index (χ1n) is 11.1. The average Bonchev–Trinajstić information content (AvgIpc) is 3.27. The Morgan fingerprint density at radius 2 is 1.89 bits per heavy atom.